The molecule has 0 saturated carbocycles. The molecule has 1 aromatic carbocycles. The summed E-state index contributed by atoms with van der Waals surface area (Å²) in [5.41, 5.74) is 1.18. The topological polar surface area (TPSA) is 75.7 Å². The van der Waals surface area contributed by atoms with Crippen molar-refractivity contribution in [3.05, 3.63) is 46.9 Å². The minimum absolute atomic E-state index is 0.0317. The van der Waals surface area contributed by atoms with E-state index in [1.807, 2.05) is 6.92 Å². The first-order valence-electron chi connectivity index (χ1n) is 9.09. The highest BCUT2D eigenvalue weighted by molar-refractivity contribution is 5.97. The third-order valence-electron chi connectivity index (χ3n) is 4.44. The van der Waals surface area contributed by atoms with E-state index in [1.54, 1.807) is 19.9 Å². The van der Waals surface area contributed by atoms with E-state index in [4.69, 9.17) is 4.74 Å². The van der Waals surface area contributed by atoms with Crippen molar-refractivity contribution in [2.24, 2.45) is 0 Å². The fourth-order valence-electron chi connectivity index (χ4n) is 3.15. The van der Waals surface area contributed by atoms with Gasteiger partial charge in [0, 0.05) is 24.6 Å². The maximum Gasteiger partial charge on any atom is 0.336 e. The van der Waals surface area contributed by atoms with E-state index >= 15 is 0 Å². The van der Waals surface area contributed by atoms with Gasteiger partial charge in [0.25, 0.3) is 0 Å². The van der Waals surface area contributed by atoms with E-state index in [1.165, 1.54) is 23.1 Å². The SMILES string of the molecule is CCCNC(=O)CN1C(=O)C[C@H](c2cccc(F)c2)C(C(=O)OCC)=C1C. The quantitative estimate of drug-likeness (QED) is 0.742. The van der Waals surface area contributed by atoms with E-state index in [0.717, 1.165) is 6.42 Å². The molecule has 1 N–H and O–H groups in total. The van der Waals surface area contributed by atoms with Crippen molar-refractivity contribution in [2.45, 2.75) is 39.5 Å². The largest absolute Gasteiger partial charge is 0.463 e. The van der Waals surface area contributed by atoms with Gasteiger partial charge in [-0.1, -0.05) is 19.1 Å². The normalized spacial score (nSPS) is 17.1. The summed E-state index contributed by atoms with van der Waals surface area (Å²) in [6.07, 6.45) is 0.750. The molecule has 0 aliphatic carbocycles. The minimum Gasteiger partial charge on any atom is -0.463 e. The lowest BCUT2D eigenvalue weighted by Crippen LogP contribution is -2.44. The van der Waals surface area contributed by atoms with Gasteiger partial charge in [0.1, 0.15) is 12.4 Å². The molecular formula is C20H25FN2O4. The zero-order valence-corrected chi connectivity index (χ0v) is 15.9. The summed E-state index contributed by atoms with van der Waals surface area (Å²) >= 11 is 0. The van der Waals surface area contributed by atoms with Crippen molar-refractivity contribution in [1.29, 1.82) is 0 Å². The lowest BCUT2D eigenvalue weighted by atomic mass is 9.83. The number of carbonyl (C=O) groups is 3. The van der Waals surface area contributed by atoms with Crippen LogP contribution in [0, 0.1) is 5.82 Å². The number of amides is 2. The number of carbonyl (C=O) groups excluding carboxylic acids is 3. The number of halogens is 1. The standard InChI is InChI=1S/C20H25FN2O4/c1-4-9-22-17(24)12-23-13(3)19(20(26)27-5-2)16(11-18(23)25)14-7-6-8-15(21)10-14/h6-8,10,16H,4-5,9,11-12H2,1-3H3,(H,22,24)/t16-/m1/s1. The first-order chi connectivity index (χ1) is 12.9. The highest BCUT2D eigenvalue weighted by atomic mass is 19.1. The fourth-order valence-corrected chi connectivity index (χ4v) is 3.15. The predicted molar refractivity (Wildman–Crippen MR) is 98.1 cm³/mol. The number of esters is 1. The minimum atomic E-state index is -0.609. The van der Waals surface area contributed by atoms with Crippen LogP contribution in [-0.2, 0) is 19.1 Å². The number of hydrogen-bond acceptors (Lipinski definition) is 4. The number of ether oxygens (including phenoxy) is 1. The molecule has 2 amide bonds. The summed E-state index contributed by atoms with van der Waals surface area (Å²) in [5, 5.41) is 2.72. The Morgan fingerprint density at radius 3 is 2.70 bits per heavy atom. The molecule has 0 spiro atoms. The molecule has 146 valence electrons. The molecule has 1 atom stereocenters. The molecule has 6 nitrogen and oxygen atoms in total. The van der Waals surface area contributed by atoms with Crippen molar-refractivity contribution >= 4 is 17.8 Å². The summed E-state index contributed by atoms with van der Waals surface area (Å²) in [4.78, 5) is 38.6. The lowest BCUT2D eigenvalue weighted by molar-refractivity contribution is -0.141. The maximum absolute atomic E-state index is 13.7. The van der Waals surface area contributed by atoms with Crippen LogP contribution in [0.15, 0.2) is 35.5 Å². The van der Waals surface area contributed by atoms with E-state index in [0.29, 0.717) is 17.8 Å². The van der Waals surface area contributed by atoms with Crippen LogP contribution in [0.2, 0.25) is 0 Å². The van der Waals surface area contributed by atoms with Gasteiger partial charge in [0.15, 0.2) is 0 Å². The Balaban J connectivity index is 2.41. The van der Waals surface area contributed by atoms with Crippen molar-refractivity contribution < 1.29 is 23.5 Å². The second-order valence-corrected chi connectivity index (χ2v) is 6.36. The number of benzene rings is 1. The van der Waals surface area contributed by atoms with E-state index in [2.05, 4.69) is 5.32 Å². The summed E-state index contributed by atoms with van der Waals surface area (Å²) in [7, 11) is 0. The van der Waals surface area contributed by atoms with Gasteiger partial charge in [-0.3, -0.25) is 9.59 Å². The van der Waals surface area contributed by atoms with Gasteiger partial charge in [-0.25, -0.2) is 9.18 Å². The predicted octanol–water partition coefficient (Wildman–Crippen LogP) is 2.50. The Morgan fingerprint density at radius 2 is 2.07 bits per heavy atom. The number of allylic oxidation sites excluding steroid dienone is 1. The Morgan fingerprint density at radius 1 is 1.33 bits per heavy atom. The first-order valence-corrected chi connectivity index (χ1v) is 9.09. The average molecular weight is 376 g/mol. The zero-order chi connectivity index (χ0) is 20.0. The molecule has 7 heteroatoms. The summed E-state index contributed by atoms with van der Waals surface area (Å²) in [6, 6.07) is 5.84. The highest BCUT2D eigenvalue weighted by Crippen LogP contribution is 2.37. The monoisotopic (exact) mass is 376 g/mol. The first kappa shape index (κ1) is 20.6. The molecule has 0 unspecified atom stereocenters. The number of nitrogens with one attached hydrogen (secondary N) is 1. The van der Waals surface area contributed by atoms with Crippen LogP contribution in [0.1, 0.15) is 45.1 Å². The molecule has 0 aromatic heterocycles. The third-order valence-corrected chi connectivity index (χ3v) is 4.44. The molecular weight excluding hydrogens is 351 g/mol. The maximum atomic E-state index is 13.7. The number of hydrogen-bond donors (Lipinski definition) is 1. The van der Waals surface area contributed by atoms with Gasteiger partial charge >= 0.3 is 5.97 Å². The fraction of sp³-hybridized carbons (Fsp3) is 0.450. The second-order valence-electron chi connectivity index (χ2n) is 6.36. The molecule has 1 aliphatic rings. The molecule has 0 fully saturated rings. The molecule has 0 saturated heterocycles. The molecule has 27 heavy (non-hydrogen) atoms. The van der Waals surface area contributed by atoms with Gasteiger partial charge in [-0.15, -0.1) is 0 Å². The van der Waals surface area contributed by atoms with Crippen molar-refractivity contribution in [3.8, 4) is 0 Å². The summed E-state index contributed by atoms with van der Waals surface area (Å²) < 4.78 is 18.8. The molecule has 1 heterocycles. The summed E-state index contributed by atoms with van der Waals surface area (Å²) in [6.45, 7) is 5.76. The Bertz CT molecular complexity index is 760. The van der Waals surface area contributed by atoms with Crippen LogP contribution in [0.3, 0.4) is 0 Å². The lowest BCUT2D eigenvalue weighted by Gasteiger charge is -2.34. The van der Waals surface area contributed by atoms with E-state index in [-0.39, 0.29) is 37.0 Å². The zero-order valence-electron chi connectivity index (χ0n) is 15.9. The van der Waals surface area contributed by atoms with E-state index in [9.17, 15) is 18.8 Å². The van der Waals surface area contributed by atoms with Gasteiger partial charge in [-0.05, 0) is 38.0 Å². The highest BCUT2D eigenvalue weighted by Gasteiger charge is 2.37. The molecule has 0 bridgehead atoms. The van der Waals surface area contributed by atoms with Gasteiger partial charge in [-0.2, -0.15) is 0 Å². The Kier molecular flexibility index (Phi) is 7.10. The molecule has 1 aromatic rings. The van der Waals surface area contributed by atoms with Crippen LogP contribution >= 0.6 is 0 Å². The van der Waals surface area contributed by atoms with Gasteiger partial charge in [0.05, 0.1) is 12.2 Å². The van der Waals surface area contributed by atoms with Crippen molar-refractivity contribution in [2.75, 3.05) is 19.7 Å². The number of nitrogens with zero attached hydrogens (tertiary/aromatic N) is 1. The van der Waals surface area contributed by atoms with Crippen molar-refractivity contribution in [3.63, 3.8) is 0 Å². The second kappa shape index (κ2) is 9.30. The third kappa shape index (κ3) is 4.93. The molecule has 0 radical (unpaired) electrons. The average Bonchev–Trinajstić information content (AvgIpc) is 2.63. The van der Waals surface area contributed by atoms with Gasteiger partial charge < -0.3 is 15.0 Å². The molecule has 1 aliphatic heterocycles. The van der Waals surface area contributed by atoms with Crippen molar-refractivity contribution in [1.82, 2.24) is 10.2 Å². The van der Waals surface area contributed by atoms with Crippen LogP contribution in [-0.4, -0.2) is 42.4 Å². The Hall–Kier alpha value is -2.70. The van der Waals surface area contributed by atoms with Crippen LogP contribution in [0.4, 0.5) is 4.39 Å². The van der Waals surface area contributed by atoms with Crippen LogP contribution < -0.4 is 5.32 Å². The van der Waals surface area contributed by atoms with E-state index < -0.39 is 17.7 Å². The summed E-state index contributed by atoms with van der Waals surface area (Å²) in [5.74, 6) is -2.20. The smallest absolute Gasteiger partial charge is 0.336 e. The van der Waals surface area contributed by atoms with Crippen LogP contribution in [0.25, 0.3) is 0 Å². The number of rotatable bonds is 7. The molecule has 2 rings (SSSR count). The van der Waals surface area contributed by atoms with Gasteiger partial charge in [0.2, 0.25) is 11.8 Å². The van der Waals surface area contributed by atoms with Crippen LogP contribution in [0.5, 0.6) is 0 Å². The Labute approximate surface area is 158 Å².